The summed E-state index contributed by atoms with van der Waals surface area (Å²) in [6, 6.07) is 3.02. The third-order valence-electron chi connectivity index (χ3n) is 3.23. The first-order valence-corrected chi connectivity index (χ1v) is 6.29. The van der Waals surface area contributed by atoms with Crippen molar-refractivity contribution in [3.05, 3.63) is 28.3 Å². The minimum absolute atomic E-state index is 0.315. The van der Waals surface area contributed by atoms with Gasteiger partial charge in [0.15, 0.2) is 0 Å². The van der Waals surface area contributed by atoms with Gasteiger partial charge in [-0.05, 0) is 6.07 Å². The normalized spacial score (nSPS) is 31.7. The zero-order valence-corrected chi connectivity index (χ0v) is 11.1. The molecular weight excluding hydrogens is 302 g/mol. The topological polar surface area (TPSA) is 163 Å². The van der Waals surface area contributed by atoms with Crippen molar-refractivity contribution in [3.8, 4) is 11.5 Å². The fraction of sp³-hybridized carbons (Fsp3) is 0.500. The molecule has 1 aliphatic heterocycles. The average Bonchev–Trinajstić information content (AvgIpc) is 2.47. The van der Waals surface area contributed by atoms with Gasteiger partial charge >= 0.3 is 5.69 Å². The van der Waals surface area contributed by atoms with E-state index in [9.17, 15) is 30.5 Å². The van der Waals surface area contributed by atoms with Crippen LogP contribution in [-0.4, -0.2) is 67.8 Å². The standard InChI is InChI=1S/C12H15NO9/c14-4-8-9(16)10(17)11(18)12(22-8)21-7-3-5(15)1-2-6(7)13(19)20/h1-3,8-12,14-18H,4H2/t8-,9-,10+,11-,12?/m1/s1. The van der Waals surface area contributed by atoms with Crippen LogP contribution in [-0.2, 0) is 4.74 Å². The van der Waals surface area contributed by atoms with Crippen LogP contribution in [0.3, 0.4) is 0 Å². The van der Waals surface area contributed by atoms with Crippen molar-refractivity contribution in [2.75, 3.05) is 6.61 Å². The van der Waals surface area contributed by atoms with Crippen molar-refractivity contribution < 1.29 is 39.9 Å². The van der Waals surface area contributed by atoms with Crippen molar-refractivity contribution >= 4 is 5.69 Å². The Labute approximate surface area is 123 Å². The number of ether oxygens (including phenoxy) is 2. The lowest BCUT2D eigenvalue weighted by Crippen LogP contribution is -2.60. The maximum atomic E-state index is 10.9. The summed E-state index contributed by atoms with van der Waals surface area (Å²) in [4.78, 5) is 10.1. The highest BCUT2D eigenvalue weighted by Gasteiger charge is 2.45. The molecule has 1 aromatic rings. The van der Waals surface area contributed by atoms with Crippen LogP contribution in [0.25, 0.3) is 0 Å². The number of hydrogen-bond acceptors (Lipinski definition) is 9. The van der Waals surface area contributed by atoms with Gasteiger partial charge in [0.05, 0.1) is 11.5 Å². The van der Waals surface area contributed by atoms with Crippen molar-refractivity contribution in [1.29, 1.82) is 0 Å². The van der Waals surface area contributed by atoms with E-state index >= 15 is 0 Å². The molecule has 2 rings (SSSR count). The number of phenolic OH excluding ortho intramolecular Hbond substituents is 1. The van der Waals surface area contributed by atoms with Gasteiger partial charge in [0.25, 0.3) is 0 Å². The first-order valence-electron chi connectivity index (χ1n) is 6.29. The van der Waals surface area contributed by atoms with Crippen LogP contribution in [0.15, 0.2) is 18.2 Å². The summed E-state index contributed by atoms with van der Waals surface area (Å²) in [5.74, 6) is -0.709. The molecule has 5 atom stereocenters. The molecule has 1 aliphatic rings. The minimum Gasteiger partial charge on any atom is -0.508 e. The molecule has 0 aliphatic carbocycles. The molecule has 122 valence electrons. The molecule has 1 aromatic carbocycles. The number of nitrogens with zero attached hydrogens (tertiary/aromatic N) is 1. The number of phenols is 1. The van der Waals surface area contributed by atoms with E-state index in [1.165, 1.54) is 0 Å². The zero-order chi connectivity index (χ0) is 16.4. The molecule has 0 saturated carbocycles. The maximum Gasteiger partial charge on any atom is 0.311 e. The first-order chi connectivity index (χ1) is 10.3. The highest BCUT2D eigenvalue weighted by Crippen LogP contribution is 2.33. The lowest BCUT2D eigenvalue weighted by Gasteiger charge is -2.39. The molecule has 1 saturated heterocycles. The number of aromatic hydroxyl groups is 1. The van der Waals surface area contributed by atoms with Crippen LogP contribution in [0.2, 0.25) is 0 Å². The molecule has 10 nitrogen and oxygen atoms in total. The molecule has 0 aromatic heterocycles. The van der Waals surface area contributed by atoms with Crippen molar-refractivity contribution in [3.63, 3.8) is 0 Å². The lowest BCUT2D eigenvalue weighted by atomic mass is 9.99. The Morgan fingerprint density at radius 2 is 1.91 bits per heavy atom. The van der Waals surface area contributed by atoms with Gasteiger partial charge in [-0.1, -0.05) is 0 Å². The van der Waals surface area contributed by atoms with Gasteiger partial charge in [0.1, 0.15) is 30.2 Å². The Morgan fingerprint density at radius 3 is 2.50 bits per heavy atom. The fourth-order valence-corrected chi connectivity index (χ4v) is 2.04. The molecule has 10 heteroatoms. The van der Waals surface area contributed by atoms with E-state index in [4.69, 9.17) is 14.6 Å². The van der Waals surface area contributed by atoms with Crippen LogP contribution in [0.4, 0.5) is 5.69 Å². The van der Waals surface area contributed by atoms with E-state index in [0.717, 1.165) is 18.2 Å². The van der Waals surface area contributed by atoms with Gasteiger partial charge in [-0.25, -0.2) is 0 Å². The van der Waals surface area contributed by atoms with Gasteiger partial charge in [0.2, 0.25) is 12.0 Å². The minimum atomic E-state index is -1.71. The molecule has 0 radical (unpaired) electrons. The van der Waals surface area contributed by atoms with Gasteiger partial charge in [-0.15, -0.1) is 0 Å². The molecule has 1 heterocycles. The SMILES string of the molecule is O=[N+]([O-])c1ccc(O)cc1OC1O[C@H](CO)[C@@H](O)[C@H](O)[C@H]1O. The van der Waals surface area contributed by atoms with Crippen molar-refractivity contribution in [1.82, 2.24) is 0 Å². The average molecular weight is 317 g/mol. The van der Waals surface area contributed by atoms with Crippen LogP contribution < -0.4 is 4.74 Å². The second-order valence-electron chi connectivity index (χ2n) is 4.72. The number of hydrogen-bond donors (Lipinski definition) is 5. The van der Waals surface area contributed by atoms with E-state index in [0.29, 0.717) is 0 Å². The summed E-state index contributed by atoms with van der Waals surface area (Å²) in [5.41, 5.74) is -0.491. The molecular formula is C12H15NO9. The molecule has 0 amide bonds. The number of nitro groups is 1. The van der Waals surface area contributed by atoms with Gasteiger partial charge in [-0.3, -0.25) is 10.1 Å². The molecule has 0 bridgehead atoms. The molecule has 1 fully saturated rings. The Hall–Kier alpha value is -1.98. The van der Waals surface area contributed by atoms with Crippen LogP contribution in [0.5, 0.6) is 11.5 Å². The number of benzene rings is 1. The first kappa shape index (κ1) is 16.4. The number of rotatable bonds is 4. The highest BCUT2D eigenvalue weighted by atomic mass is 16.7. The number of nitro benzene ring substituents is 1. The second kappa shape index (κ2) is 6.42. The highest BCUT2D eigenvalue weighted by molar-refractivity contribution is 5.50. The lowest BCUT2D eigenvalue weighted by molar-refractivity contribution is -0.387. The third-order valence-corrected chi connectivity index (χ3v) is 3.23. The molecule has 5 N–H and O–H groups in total. The third kappa shape index (κ3) is 3.10. The van der Waals surface area contributed by atoms with Crippen LogP contribution in [0.1, 0.15) is 0 Å². The van der Waals surface area contributed by atoms with Gasteiger partial charge in [-0.2, -0.15) is 0 Å². The van der Waals surface area contributed by atoms with E-state index in [1.54, 1.807) is 0 Å². The molecule has 0 spiro atoms. The largest absolute Gasteiger partial charge is 0.508 e. The monoisotopic (exact) mass is 317 g/mol. The quantitative estimate of drug-likeness (QED) is 0.328. The predicted octanol–water partition coefficient (Wildman–Crippen LogP) is -1.52. The van der Waals surface area contributed by atoms with E-state index in [2.05, 4.69) is 0 Å². The fourth-order valence-electron chi connectivity index (χ4n) is 2.04. The summed E-state index contributed by atoms with van der Waals surface area (Å²) in [6.07, 6.45) is -7.73. The molecule has 1 unspecified atom stereocenters. The van der Waals surface area contributed by atoms with E-state index in [1.807, 2.05) is 0 Å². The Kier molecular flexibility index (Phi) is 4.78. The number of aliphatic hydroxyl groups is 4. The summed E-state index contributed by atoms with van der Waals surface area (Å²) >= 11 is 0. The Balaban J connectivity index is 2.26. The zero-order valence-electron chi connectivity index (χ0n) is 11.1. The second-order valence-corrected chi connectivity index (χ2v) is 4.72. The Bertz CT molecular complexity index is 549. The van der Waals surface area contributed by atoms with Crippen molar-refractivity contribution in [2.24, 2.45) is 0 Å². The van der Waals surface area contributed by atoms with E-state index in [-0.39, 0.29) is 5.75 Å². The van der Waals surface area contributed by atoms with Gasteiger partial charge < -0.3 is 35.0 Å². The van der Waals surface area contributed by atoms with E-state index < -0.39 is 53.7 Å². The molecule has 22 heavy (non-hydrogen) atoms. The summed E-state index contributed by atoms with van der Waals surface area (Å²) in [5, 5.41) is 58.4. The Morgan fingerprint density at radius 1 is 1.23 bits per heavy atom. The van der Waals surface area contributed by atoms with Crippen LogP contribution in [0, 0.1) is 10.1 Å². The number of aliphatic hydroxyl groups excluding tert-OH is 4. The smallest absolute Gasteiger partial charge is 0.311 e. The summed E-state index contributed by atoms with van der Waals surface area (Å²) < 4.78 is 10.2. The summed E-state index contributed by atoms with van der Waals surface area (Å²) in [6.45, 7) is -0.660. The predicted molar refractivity (Wildman–Crippen MR) is 69.2 cm³/mol. The van der Waals surface area contributed by atoms with Crippen molar-refractivity contribution in [2.45, 2.75) is 30.7 Å². The summed E-state index contributed by atoms with van der Waals surface area (Å²) in [7, 11) is 0. The maximum absolute atomic E-state index is 10.9. The van der Waals surface area contributed by atoms with Crippen LogP contribution >= 0.6 is 0 Å². The van der Waals surface area contributed by atoms with Gasteiger partial charge in [0, 0.05) is 12.1 Å².